The van der Waals surface area contributed by atoms with E-state index in [9.17, 15) is 0 Å². The van der Waals surface area contributed by atoms with Gasteiger partial charge in [0.25, 0.3) is 0 Å². The summed E-state index contributed by atoms with van der Waals surface area (Å²) in [6, 6.07) is 12.2. The van der Waals surface area contributed by atoms with Gasteiger partial charge in [0.1, 0.15) is 12.4 Å². The number of ether oxygens (including phenoxy) is 1. The molecule has 2 heteroatoms. The molecule has 1 unspecified atom stereocenters. The Morgan fingerprint density at radius 1 is 1.14 bits per heavy atom. The molecule has 2 nitrogen and oxygen atoms in total. The van der Waals surface area contributed by atoms with Gasteiger partial charge in [0.05, 0.1) is 6.61 Å². The molecule has 0 fully saturated rings. The number of fused-ring (bicyclic) bond motifs is 1. The summed E-state index contributed by atoms with van der Waals surface area (Å²) in [7, 11) is 0. The van der Waals surface area contributed by atoms with E-state index in [0.29, 0.717) is 5.92 Å². The Hall–Kier alpha value is -1.98. The van der Waals surface area contributed by atoms with E-state index in [-0.39, 0.29) is 6.61 Å². The Morgan fingerprint density at radius 2 is 1.90 bits per heavy atom. The first-order chi connectivity index (χ1) is 10.2. The van der Waals surface area contributed by atoms with Crippen LogP contribution < -0.4 is 4.74 Å². The van der Waals surface area contributed by atoms with E-state index < -0.39 is 0 Å². The molecule has 0 aromatic heterocycles. The fourth-order valence-electron chi connectivity index (χ4n) is 2.35. The Morgan fingerprint density at radius 3 is 2.67 bits per heavy atom. The van der Waals surface area contributed by atoms with Crippen LogP contribution in [0.3, 0.4) is 0 Å². The van der Waals surface area contributed by atoms with Crippen LogP contribution in [0.1, 0.15) is 32.3 Å². The van der Waals surface area contributed by atoms with E-state index in [1.165, 1.54) is 12.8 Å². The van der Waals surface area contributed by atoms with Crippen LogP contribution >= 0.6 is 0 Å². The third-order valence-electron chi connectivity index (χ3n) is 3.44. The average Bonchev–Trinajstić information content (AvgIpc) is 2.51. The van der Waals surface area contributed by atoms with E-state index in [1.54, 1.807) is 0 Å². The highest BCUT2D eigenvalue weighted by atomic mass is 16.5. The van der Waals surface area contributed by atoms with Gasteiger partial charge in [0, 0.05) is 5.56 Å². The van der Waals surface area contributed by atoms with E-state index in [0.717, 1.165) is 28.7 Å². The van der Waals surface area contributed by atoms with Crippen LogP contribution in [0.4, 0.5) is 0 Å². The maximum Gasteiger partial charge on any atom is 0.119 e. The van der Waals surface area contributed by atoms with E-state index in [1.807, 2.05) is 24.3 Å². The lowest BCUT2D eigenvalue weighted by Gasteiger charge is -2.12. The van der Waals surface area contributed by atoms with Crippen molar-refractivity contribution >= 4 is 10.8 Å². The Kier molecular flexibility index (Phi) is 5.66. The first-order valence-corrected chi connectivity index (χ1v) is 7.49. The van der Waals surface area contributed by atoms with Crippen molar-refractivity contribution in [3.05, 3.63) is 42.0 Å². The van der Waals surface area contributed by atoms with Crippen molar-refractivity contribution in [3.8, 4) is 17.6 Å². The van der Waals surface area contributed by atoms with Crippen molar-refractivity contribution < 1.29 is 9.84 Å². The second-order valence-corrected chi connectivity index (χ2v) is 5.39. The predicted molar refractivity (Wildman–Crippen MR) is 87.5 cm³/mol. The molecule has 0 heterocycles. The Labute approximate surface area is 126 Å². The zero-order valence-electron chi connectivity index (χ0n) is 12.7. The zero-order valence-corrected chi connectivity index (χ0v) is 12.7. The molecule has 2 aromatic rings. The highest BCUT2D eigenvalue weighted by molar-refractivity contribution is 5.85. The molecule has 0 aliphatic heterocycles. The smallest absolute Gasteiger partial charge is 0.119 e. The first-order valence-electron chi connectivity index (χ1n) is 7.49. The molecule has 0 bridgehead atoms. The molecule has 2 rings (SSSR count). The van der Waals surface area contributed by atoms with Crippen LogP contribution in [0.15, 0.2) is 36.4 Å². The number of aliphatic hydroxyl groups is 1. The van der Waals surface area contributed by atoms with Crippen molar-refractivity contribution in [2.45, 2.75) is 26.7 Å². The molecule has 1 N–H and O–H groups in total. The summed E-state index contributed by atoms with van der Waals surface area (Å²) in [5, 5.41) is 11.0. The van der Waals surface area contributed by atoms with Crippen LogP contribution in [0, 0.1) is 17.8 Å². The van der Waals surface area contributed by atoms with Crippen molar-refractivity contribution in [2.24, 2.45) is 5.92 Å². The SMILES string of the molecule is CCCC(C)COc1ccc2cc(C#CCO)ccc2c1. The van der Waals surface area contributed by atoms with Gasteiger partial charge in [0.15, 0.2) is 0 Å². The van der Waals surface area contributed by atoms with Gasteiger partial charge in [-0.15, -0.1) is 0 Å². The Balaban J connectivity index is 2.11. The molecule has 0 aliphatic rings. The standard InChI is InChI=1S/C19H22O2/c1-3-5-15(2)14-21-19-10-9-17-12-16(6-4-11-20)7-8-18(17)13-19/h7-10,12-13,15,20H,3,5,11,14H2,1-2H3. The molecule has 0 spiro atoms. The molecular formula is C19H22O2. The lowest BCUT2D eigenvalue weighted by atomic mass is 10.1. The lowest BCUT2D eigenvalue weighted by Crippen LogP contribution is -2.07. The Bertz CT molecular complexity index is 649. The summed E-state index contributed by atoms with van der Waals surface area (Å²) >= 11 is 0. The van der Waals surface area contributed by atoms with Gasteiger partial charge in [-0.2, -0.15) is 0 Å². The molecule has 110 valence electrons. The van der Waals surface area contributed by atoms with Gasteiger partial charge >= 0.3 is 0 Å². The third kappa shape index (κ3) is 4.51. The van der Waals surface area contributed by atoms with Crippen LogP contribution in [0.2, 0.25) is 0 Å². The fraction of sp³-hybridized carbons (Fsp3) is 0.368. The normalized spacial score (nSPS) is 11.8. The summed E-state index contributed by atoms with van der Waals surface area (Å²) in [5.41, 5.74) is 0.918. The molecule has 2 aromatic carbocycles. The number of aliphatic hydroxyl groups excluding tert-OH is 1. The van der Waals surface area contributed by atoms with Crippen molar-refractivity contribution in [1.29, 1.82) is 0 Å². The molecule has 21 heavy (non-hydrogen) atoms. The minimum atomic E-state index is -0.110. The van der Waals surface area contributed by atoms with Crippen molar-refractivity contribution in [2.75, 3.05) is 13.2 Å². The highest BCUT2D eigenvalue weighted by Gasteiger charge is 2.03. The molecular weight excluding hydrogens is 260 g/mol. The van der Waals surface area contributed by atoms with E-state index >= 15 is 0 Å². The summed E-state index contributed by atoms with van der Waals surface area (Å²) in [6.07, 6.45) is 2.39. The quantitative estimate of drug-likeness (QED) is 0.840. The number of benzene rings is 2. The second-order valence-electron chi connectivity index (χ2n) is 5.39. The number of hydrogen-bond donors (Lipinski definition) is 1. The van der Waals surface area contributed by atoms with Gasteiger partial charge < -0.3 is 9.84 Å². The van der Waals surface area contributed by atoms with Crippen LogP contribution in [-0.2, 0) is 0 Å². The topological polar surface area (TPSA) is 29.5 Å². The lowest BCUT2D eigenvalue weighted by molar-refractivity contribution is 0.252. The molecule has 0 saturated heterocycles. The maximum atomic E-state index is 8.73. The minimum Gasteiger partial charge on any atom is -0.493 e. The summed E-state index contributed by atoms with van der Waals surface area (Å²) in [5.74, 6) is 7.09. The predicted octanol–water partition coefficient (Wildman–Crippen LogP) is 4.00. The molecule has 0 aliphatic carbocycles. The van der Waals surface area contributed by atoms with Crippen molar-refractivity contribution in [3.63, 3.8) is 0 Å². The number of rotatable bonds is 5. The molecule has 0 amide bonds. The van der Waals surface area contributed by atoms with Crippen LogP contribution in [-0.4, -0.2) is 18.3 Å². The first kappa shape index (κ1) is 15.4. The monoisotopic (exact) mass is 282 g/mol. The van der Waals surface area contributed by atoms with E-state index in [4.69, 9.17) is 9.84 Å². The minimum absolute atomic E-state index is 0.110. The average molecular weight is 282 g/mol. The fourth-order valence-corrected chi connectivity index (χ4v) is 2.35. The summed E-state index contributed by atoms with van der Waals surface area (Å²) in [6.45, 7) is 5.07. The summed E-state index contributed by atoms with van der Waals surface area (Å²) in [4.78, 5) is 0. The molecule has 0 radical (unpaired) electrons. The van der Waals surface area contributed by atoms with Crippen LogP contribution in [0.5, 0.6) is 5.75 Å². The van der Waals surface area contributed by atoms with Crippen molar-refractivity contribution in [1.82, 2.24) is 0 Å². The van der Waals surface area contributed by atoms with Gasteiger partial charge in [-0.25, -0.2) is 0 Å². The molecule has 1 atom stereocenters. The summed E-state index contributed by atoms with van der Waals surface area (Å²) < 4.78 is 5.86. The highest BCUT2D eigenvalue weighted by Crippen LogP contribution is 2.22. The van der Waals surface area contributed by atoms with Gasteiger partial charge in [-0.1, -0.05) is 44.2 Å². The zero-order chi connectivity index (χ0) is 15.1. The van der Waals surface area contributed by atoms with Gasteiger partial charge in [-0.05, 0) is 47.4 Å². The van der Waals surface area contributed by atoms with Gasteiger partial charge in [0.2, 0.25) is 0 Å². The second kappa shape index (κ2) is 7.71. The largest absolute Gasteiger partial charge is 0.493 e. The van der Waals surface area contributed by atoms with Gasteiger partial charge in [-0.3, -0.25) is 0 Å². The number of hydrogen-bond acceptors (Lipinski definition) is 2. The van der Waals surface area contributed by atoms with E-state index in [2.05, 4.69) is 37.8 Å². The maximum absolute atomic E-state index is 8.73. The molecule has 0 saturated carbocycles. The third-order valence-corrected chi connectivity index (χ3v) is 3.44. The van der Waals surface area contributed by atoms with Crippen LogP contribution in [0.25, 0.3) is 10.8 Å².